The molecule has 21 heavy (non-hydrogen) atoms. The molecule has 2 rings (SSSR count). The summed E-state index contributed by atoms with van der Waals surface area (Å²) in [6.07, 6.45) is 0.865. The zero-order valence-electron chi connectivity index (χ0n) is 13.4. The fraction of sp³-hybridized carbons (Fsp3) is 0.867. The molecule has 0 spiro atoms. The molecule has 1 aliphatic carbocycles. The summed E-state index contributed by atoms with van der Waals surface area (Å²) < 4.78 is 5.72. The van der Waals surface area contributed by atoms with E-state index >= 15 is 0 Å². The van der Waals surface area contributed by atoms with Crippen molar-refractivity contribution in [2.24, 2.45) is 17.1 Å². The minimum Gasteiger partial charge on any atom is -0.377 e. The highest BCUT2D eigenvalue weighted by molar-refractivity contribution is 5.92. The molecule has 2 amide bonds. The number of fused-ring (bicyclic) bond motifs is 1. The number of hydrogen-bond acceptors (Lipinski definition) is 4. The summed E-state index contributed by atoms with van der Waals surface area (Å²) in [5.74, 6) is -0.219. The lowest BCUT2D eigenvalue weighted by atomic mass is 9.47. The van der Waals surface area contributed by atoms with Gasteiger partial charge in [0.25, 0.3) is 0 Å². The van der Waals surface area contributed by atoms with Crippen LogP contribution in [0.25, 0.3) is 0 Å². The second-order valence-electron chi connectivity index (χ2n) is 6.55. The van der Waals surface area contributed by atoms with Crippen LogP contribution in [0.4, 0.5) is 0 Å². The van der Waals surface area contributed by atoms with E-state index in [2.05, 4.69) is 5.32 Å². The van der Waals surface area contributed by atoms with Gasteiger partial charge in [-0.3, -0.25) is 9.59 Å². The Morgan fingerprint density at radius 1 is 1.38 bits per heavy atom. The van der Waals surface area contributed by atoms with Crippen LogP contribution in [-0.4, -0.2) is 54.6 Å². The number of likely N-dealkylation sites (N-methyl/N-ethyl adjacent to an activating group) is 2. The van der Waals surface area contributed by atoms with Gasteiger partial charge < -0.3 is 20.7 Å². The van der Waals surface area contributed by atoms with Crippen molar-refractivity contribution in [1.29, 1.82) is 0 Å². The van der Waals surface area contributed by atoms with Crippen LogP contribution in [0.5, 0.6) is 0 Å². The highest BCUT2D eigenvalue weighted by atomic mass is 16.5. The molecule has 120 valence electrons. The van der Waals surface area contributed by atoms with Gasteiger partial charge in [0.15, 0.2) is 0 Å². The number of nitrogens with one attached hydrogen (secondary N) is 1. The number of nitrogens with two attached hydrogens (primary N) is 1. The molecular formula is C15H27N3O3. The van der Waals surface area contributed by atoms with Gasteiger partial charge in [-0.05, 0) is 20.3 Å². The van der Waals surface area contributed by atoms with E-state index in [0.717, 1.165) is 6.42 Å². The van der Waals surface area contributed by atoms with Gasteiger partial charge >= 0.3 is 0 Å². The number of carbonyl (C=O) groups excluding carboxylic acids is 2. The van der Waals surface area contributed by atoms with E-state index in [1.54, 1.807) is 4.90 Å². The molecule has 2 aliphatic rings. The first kappa shape index (κ1) is 16.2. The van der Waals surface area contributed by atoms with Crippen molar-refractivity contribution in [3.63, 3.8) is 0 Å². The van der Waals surface area contributed by atoms with Crippen molar-refractivity contribution in [2.45, 2.75) is 45.8 Å². The largest absolute Gasteiger partial charge is 0.377 e. The number of amides is 2. The molecule has 6 heteroatoms. The van der Waals surface area contributed by atoms with Crippen molar-refractivity contribution >= 4 is 11.8 Å². The predicted molar refractivity (Wildman–Crippen MR) is 79.5 cm³/mol. The molecule has 0 aromatic carbocycles. The first-order chi connectivity index (χ1) is 9.80. The summed E-state index contributed by atoms with van der Waals surface area (Å²) >= 11 is 0. The second kappa shape index (κ2) is 5.57. The molecule has 0 radical (unpaired) electrons. The first-order valence-corrected chi connectivity index (χ1v) is 7.77. The molecule has 1 aliphatic heterocycles. The molecule has 3 atom stereocenters. The van der Waals surface area contributed by atoms with E-state index in [1.807, 2.05) is 27.7 Å². The van der Waals surface area contributed by atoms with Gasteiger partial charge in [-0.25, -0.2) is 0 Å². The standard InChI is InChI=1S/C15H27N3O3/c1-5-17-11(19)9-18(6-2)13(20)15(16)10-7-8-21-12(10)14(15,3)4/h10,12H,5-9,16H2,1-4H3,(H,17,19). The van der Waals surface area contributed by atoms with E-state index < -0.39 is 11.0 Å². The monoisotopic (exact) mass is 297 g/mol. The summed E-state index contributed by atoms with van der Waals surface area (Å²) in [6, 6.07) is 0. The zero-order valence-corrected chi connectivity index (χ0v) is 13.4. The number of ether oxygens (including phenoxy) is 1. The van der Waals surface area contributed by atoms with Gasteiger partial charge in [0.2, 0.25) is 11.8 Å². The molecule has 0 bridgehead atoms. The number of nitrogens with zero attached hydrogens (tertiary/aromatic N) is 1. The maximum atomic E-state index is 12.9. The molecule has 0 aromatic rings. The van der Waals surface area contributed by atoms with Gasteiger partial charge in [0.05, 0.1) is 12.6 Å². The topological polar surface area (TPSA) is 84.7 Å². The molecular weight excluding hydrogens is 270 g/mol. The molecule has 0 aromatic heterocycles. The van der Waals surface area contributed by atoms with Crippen LogP contribution in [0.3, 0.4) is 0 Å². The minimum absolute atomic E-state index is 0.0506. The van der Waals surface area contributed by atoms with Crippen LogP contribution in [0, 0.1) is 11.3 Å². The van der Waals surface area contributed by atoms with E-state index in [1.165, 1.54) is 0 Å². The summed E-state index contributed by atoms with van der Waals surface area (Å²) in [6.45, 7) is 9.45. The summed E-state index contributed by atoms with van der Waals surface area (Å²) in [7, 11) is 0. The third kappa shape index (κ3) is 2.25. The van der Waals surface area contributed by atoms with Gasteiger partial charge in [-0.15, -0.1) is 0 Å². The van der Waals surface area contributed by atoms with Crippen LogP contribution in [-0.2, 0) is 14.3 Å². The number of rotatable bonds is 5. The van der Waals surface area contributed by atoms with Gasteiger partial charge in [-0.2, -0.15) is 0 Å². The Bertz CT molecular complexity index is 438. The van der Waals surface area contributed by atoms with E-state index in [-0.39, 0.29) is 30.4 Å². The van der Waals surface area contributed by atoms with E-state index in [9.17, 15) is 9.59 Å². The fourth-order valence-electron chi connectivity index (χ4n) is 3.83. The molecule has 1 heterocycles. The lowest BCUT2D eigenvalue weighted by molar-refractivity contribution is -0.184. The lowest BCUT2D eigenvalue weighted by Crippen LogP contribution is -2.80. The Labute approximate surface area is 126 Å². The Hall–Kier alpha value is -1.14. The zero-order chi connectivity index (χ0) is 15.8. The average Bonchev–Trinajstić information content (AvgIpc) is 2.91. The van der Waals surface area contributed by atoms with Crippen LogP contribution in [0.15, 0.2) is 0 Å². The molecule has 2 fully saturated rings. The fourth-order valence-corrected chi connectivity index (χ4v) is 3.83. The third-order valence-corrected chi connectivity index (χ3v) is 5.19. The van der Waals surface area contributed by atoms with Crippen molar-refractivity contribution in [3.05, 3.63) is 0 Å². The summed E-state index contributed by atoms with van der Waals surface area (Å²) in [4.78, 5) is 26.3. The number of hydrogen-bond donors (Lipinski definition) is 2. The Morgan fingerprint density at radius 3 is 2.62 bits per heavy atom. The van der Waals surface area contributed by atoms with Crippen molar-refractivity contribution in [3.8, 4) is 0 Å². The maximum Gasteiger partial charge on any atom is 0.244 e. The van der Waals surface area contributed by atoms with Crippen LogP contribution < -0.4 is 11.1 Å². The molecule has 1 saturated heterocycles. The van der Waals surface area contributed by atoms with Gasteiger partial charge in [-0.1, -0.05) is 13.8 Å². The van der Waals surface area contributed by atoms with Gasteiger partial charge in [0, 0.05) is 31.0 Å². The molecule has 3 N–H and O–H groups in total. The SMILES string of the molecule is CCNC(=O)CN(CC)C(=O)C1(N)C2CCOC2C1(C)C. The Kier molecular flexibility index (Phi) is 4.31. The van der Waals surface area contributed by atoms with Crippen LogP contribution >= 0.6 is 0 Å². The molecule has 3 unspecified atom stereocenters. The van der Waals surface area contributed by atoms with E-state index in [4.69, 9.17) is 10.5 Å². The van der Waals surface area contributed by atoms with Crippen LogP contribution in [0.2, 0.25) is 0 Å². The molecule has 6 nitrogen and oxygen atoms in total. The van der Waals surface area contributed by atoms with Gasteiger partial charge in [0.1, 0.15) is 5.54 Å². The normalized spacial score (nSPS) is 33.0. The average molecular weight is 297 g/mol. The summed E-state index contributed by atoms with van der Waals surface area (Å²) in [5.41, 5.74) is 5.20. The van der Waals surface area contributed by atoms with E-state index in [0.29, 0.717) is 19.7 Å². The minimum atomic E-state index is -0.934. The maximum absolute atomic E-state index is 12.9. The predicted octanol–water partition coefficient (Wildman–Crippen LogP) is 0.113. The van der Waals surface area contributed by atoms with Crippen LogP contribution in [0.1, 0.15) is 34.1 Å². The van der Waals surface area contributed by atoms with Crippen molar-refractivity contribution < 1.29 is 14.3 Å². The molecule has 1 saturated carbocycles. The van der Waals surface area contributed by atoms with Crippen molar-refractivity contribution in [1.82, 2.24) is 10.2 Å². The highest BCUT2D eigenvalue weighted by Crippen LogP contribution is 2.58. The number of carbonyl (C=O) groups is 2. The van der Waals surface area contributed by atoms with Crippen molar-refractivity contribution in [2.75, 3.05) is 26.2 Å². The first-order valence-electron chi connectivity index (χ1n) is 7.77. The highest BCUT2D eigenvalue weighted by Gasteiger charge is 2.71. The second-order valence-corrected chi connectivity index (χ2v) is 6.55. The Morgan fingerprint density at radius 2 is 2.05 bits per heavy atom. The quantitative estimate of drug-likeness (QED) is 0.754. The Balaban J connectivity index is 2.15. The third-order valence-electron chi connectivity index (χ3n) is 5.19. The summed E-state index contributed by atoms with van der Waals surface area (Å²) in [5, 5.41) is 2.72. The lowest BCUT2D eigenvalue weighted by Gasteiger charge is -2.61. The smallest absolute Gasteiger partial charge is 0.244 e.